The maximum absolute atomic E-state index is 12.5. The van der Waals surface area contributed by atoms with Crippen LogP contribution in [-0.2, 0) is 11.3 Å². The van der Waals surface area contributed by atoms with Gasteiger partial charge in [-0.3, -0.25) is 14.4 Å². The van der Waals surface area contributed by atoms with Crippen LogP contribution in [0.4, 0.5) is 0 Å². The maximum atomic E-state index is 12.5. The van der Waals surface area contributed by atoms with Crippen molar-refractivity contribution in [2.75, 3.05) is 13.1 Å². The zero-order valence-electron chi connectivity index (χ0n) is 13.0. The van der Waals surface area contributed by atoms with Crippen LogP contribution in [0.2, 0.25) is 0 Å². The van der Waals surface area contributed by atoms with Crippen molar-refractivity contribution in [3.8, 4) is 0 Å². The number of carboxylic acid groups (broad SMARTS) is 1. The SMILES string of the molecule is O=C(O)[C@H]1CCN(C(=O)c2ccc(=O)n(Cc3ccccc3)n2)C1. The third-order valence-electron chi connectivity index (χ3n) is 4.09. The van der Waals surface area contributed by atoms with E-state index in [0.29, 0.717) is 13.0 Å². The van der Waals surface area contributed by atoms with E-state index in [1.54, 1.807) is 0 Å². The molecule has 1 aromatic heterocycles. The van der Waals surface area contributed by atoms with Gasteiger partial charge in [-0.25, -0.2) is 4.68 Å². The van der Waals surface area contributed by atoms with Crippen LogP contribution in [0, 0.1) is 5.92 Å². The Bertz CT molecular complexity index is 816. The average molecular weight is 327 g/mol. The summed E-state index contributed by atoms with van der Waals surface area (Å²) in [6, 6.07) is 12.1. The Morgan fingerprint density at radius 2 is 1.92 bits per heavy atom. The van der Waals surface area contributed by atoms with Crippen LogP contribution in [0.25, 0.3) is 0 Å². The maximum Gasteiger partial charge on any atom is 0.308 e. The summed E-state index contributed by atoms with van der Waals surface area (Å²) < 4.78 is 1.24. The van der Waals surface area contributed by atoms with Crippen molar-refractivity contribution in [2.24, 2.45) is 5.92 Å². The summed E-state index contributed by atoms with van der Waals surface area (Å²) in [4.78, 5) is 36.9. The van der Waals surface area contributed by atoms with Gasteiger partial charge < -0.3 is 10.0 Å². The van der Waals surface area contributed by atoms with Gasteiger partial charge in [0.05, 0.1) is 12.5 Å². The van der Waals surface area contributed by atoms with Gasteiger partial charge in [0.15, 0.2) is 0 Å². The minimum Gasteiger partial charge on any atom is -0.481 e. The van der Waals surface area contributed by atoms with E-state index in [1.165, 1.54) is 21.7 Å². The fourth-order valence-corrected chi connectivity index (χ4v) is 2.74. The number of rotatable bonds is 4. The van der Waals surface area contributed by atoms with Crippen LogP contribution in [-0.4, -0.2) is 44.8 Å². The summed E-state index contributed by atoms with van der Waals surface area (Å²) >= 11 is 0. The highest BCUT2D eigenvalue weighted by Gasteiger charge is 2.31. The highest BCUT2D eigenvalue weighted by atomic mass is 16.4. The van der Waals surface area contributed by atoms with E-state index in [-0.39, 0.29) is 30.2 Å². The van der Waals surface area contributed by atoms with Gasteiger partial charge in [0.2, 0.25) is 0 Å². The first-order valence-electron chi connectivity index (χ1n) is 7.69. The lowest BCUT2D eigenvalue weighted by atomic mass is 10.1. The first-order valence-corrected chi connectivity index (χ1v) is 7.69. The van der Waals surface area contributed by atoms with E-state index >= 15 is 0 Å². The van der Waals surface area contributed by atoms with Crippen molar-refractivity contribution in [1.29, 1.82) is 0 Å². The van der Waals surface area contributed by atoms with Crippen molar-refractivity contribution in [3.63, 3.8) is 0 Å². The van der Waals surface area contributed by atoms with Crippen LogP contribution in [0.15, 0.2) is 47.3 Å². The molecule has 0 spiro atoms. The Morgan fingerprint density at radius 3 is 2.58 bits per heavy atom. The number of carbonyl (C=O) groups is 2. The monoisotopic (exact) mass is 327 g/mol. The lowest BCUT2D eigenvalue weighted by Crippen LogP contribution is -2.33. The quantitative estimate of drug-likeness (QED) is 0.898. The van der Waals surface area contributed by atoms with Gasteiger partial charge in [0.1, 0.15) is 5.69 Å². The largest absolute Gasteiger partial charge is 0.481 e. The molecule has 1 aromatic carbocycles. The van der Waals surface area contributed by atoms with E-state index in [1.807, 2.05) is 30.3 Å². The zero-order valence-corrected chi connectivity index (χ0v) is 13.0. The summed E-state index contributed by atoms with van der Waals surface area (Å²) in [5.74, 6) is -1.78. The van der Waals surface area contributed by atoms with E-state index in [2.05, 4.69) is 5.10 Å². The number of amides is 1. The molecule has 24 heavy (non-hydrogen) atoms. The second kappa shape index (κ2) is 6.66. The summed E-state index contributed by atoms with van der Waals surface area (Å²) in [5, 5.41) is 13.2. The number of nitrogens with zero attached hydrogens (tertiary/aromatic N) is 3. The third-order valence-corrected chi connectivity index (χ3v) is 4.09. The van der Waals surface area contributed by atoms with Crippen LogP contribution in [0.3, 0.4) is 0 Å². The molecular formula is C17H17N3O4. The molecule has 1 aliphatic rings. The molecule has 0 unspecified atom stereocenters. The first kappa shape index (κ1) is 15.9. The van der Waals surface area contributed by atoms with Crippen molar-refractivity contribution in [2.45, 2.75) is 13.0 Å². The Labute approximate surface area is 138 Å². The second-order valence-corrected chi connectivity index (χ2v) is 5.78. The topological polar surface area (TPSA) is 92.5 Å². The summed E-state index contributed by atoms with van der Waals surface area (Å²) in [7, 11) is 0. The number of hydrogen-bond donors (Lipinski definition) is 1. The molecule has 0 aliphatic carbocycles. The molecule has 2 heterocycles. The summed E-state index contributed by atoms with van der Waals surface area (Å²) in [6.45, 7) is 0.835. The van der Waals surface area contributed by atoms with E-state index < -0.39 is 11.9 Å². The Kier molecular flexibility index (Phi) is 4.41. The highest BCUT2D eigenvalue weighted by molar-refractivity contribution is 5.92. The predicted molar refractivity (Wildman–Crippen MR) is 85.7 cm³/mol. The molecule has 0 radical (unpaired) electrons. The van der Waals surface area contributed by atoms with Crippen LogP contribution < -0.4 is 5.56 Å². The molecule has 1 fully saturated rings. The Hall–Kier alpha value is -2.96. The third kappa shape index (κ3) is 3.34. The van der Waals surface area contributed by atoms with Crippen LogP contribution >= 0.6 is 0 Å². The molecule has 2 aromatic rings. The lowest BCUT2D eigenvalue weighted by molar-refractivity contribution is -0.141. The zero-order chi connectivity index (χ0) is 17.1. The number of likely N-dealkylation sites (tertiary alicyclic amines) is 1. The number of benzene rings is 1. The predicted octanol–water partition coefficient (Wildman–Crippen LogP) is 0.838. The lowest BCUT2D eigenvalue weighted by Gasteiger charge is -2.15. The number of carboxylic acids is 1. The van der Waals surface area contributed by atoms with E-state index in [0.717, 1.165) is 5.56 Å². The summed E-state index contributed by atoms with van der Waals surface area (Å²) in [6.07, 6.45) is 0.435. The minimum absolute atomic E-state index is 0.150. The number of aromatic nitrogens is 2. The van der Waals surface area contributed by atoms with Gasteiger partial charge in [-0.15, -0.1) is 0 Å². The molecular weight excluding hydrogens is 310 g/mol. The molecule has 0 bridgehead atoms. The fourth-order valence-electron chi connectivity index (χ4n) is 2.74. The molecule has 7 heteroatoms. The van der Waals surface area contributed by atoms with Crippen LogP contribution in [0.5, 0.6) is 0 Å². The van der Waals surface area contributed by atoms with Gasteiger partial charge in [-0.1, -0.05) is 30.3 Å². The van der Waals surface area contributed by atoms with Crippen LogP contribution in [0.1, 0.15) is 22.5 Å². The van der Waals surface area contributed by atoms with Gasteiger partial charge >= 0.3 is 5.97 Å². The minimum atomic E-state index is -0.896. The molecule has 1 N–H and O–H groups in total. The number of hydrogen-bond acceptors (Lipinski definition) is 4. The van der Waals surface area contributed by atoms with Crippen molar-refractivity contribution in [1.82, 2.24) is 14.7 Å². The first-order chi connectivity index (χ1) is 11.5. The Morgan fingerprint density at radius 1 is 1.17 bits per heavy atom. The average Bonchev–Trinajstić information content (AvgIpc) is 3.07. The molecule has 0 saturated carbocycles. The number of carbonyl (C=O) groups excluding carboxylic acids is 1. The van der Waals surface area contributed by atoms with Gasteiger partial charge in [0.25, 0.3) is 11.5 Å². The van der Waals surface area contributed by atoms with Crippen molar-refractivity contribution < 1.29 is 14.7 Å². The van der Waals surface area contributed by atoms with Crippen molar-refractivity contribution >= 4 is 11.9 Å². The molecule has 124 valence electrons. The molecule has 7 nitrogen and oxygen atoms in total. The van der Waals surface area contributed by atoms with Crippen molar-refractivity contribution in [3.05, 3.63) is 64.1 Å². The number of aliphatic carboxylic acids is 1. The second-order valence-electron chi connectivity index (χ2n) is 5.78. The molecule has 3 rings (SSSR count). The molecule has 1 aliphatic heterocycles. The molecule has 1 saturated heterocycles. The highest BCUT2D eigenvalue weighted by Crippen LogP contribution is 2.18. The van der Waals surface area contributed by atoms with E-state index in [9.17, 15) is 14.4 Å². The van der Waals surface area contributed by atoms with E-state index in [4.69, 9.17) is 5.11 Å². The summed E-state index contributed by atoms with van der Waals surface area (Å²) in [5.41, 5.74) is 0.764. The fraction of sp³-hybridized carbons (Fsp3) is 0.294. The standard InChI is InChI=1S/C17H17N3O4/c21-15-7-6-14(16(22)19-9-8-13(11-19)17(23)24)18-20(15)10-12-4-2-1-3-5-12/h1-7,13H,8-11H2,(H,23,24)/t13-/m0/s1. The Balaban J connectivity index is 1.79. The van der Waals surface area contributed by atoms with Gasteiger partial charge in [-0.05, 0) is 18.1 Å². The molecule has 1 atom stereocenters. The van der Waals surface area contributed by atoms with Gasteiger partial charge in [0, 0.05) is 19.2 Å². The normalized spacial score (nSPS) is 17.0. The van der Waals surface area contributed by atoms with Gasteiger partial charge in [-0.2, -0.15) is 5.10 Å². The molecule has 1 amide bonds. The smallest absolute Gasteiger partial charge is 0.308 e.